The maximum absolute atomic E-state index is 14.5. The summed E-state index contributed by atoms with van der Waals surface area (Å²) >= 11 is 2.95. The summed E-state index contributed by atoms with van der Waals surface area (Å²) in [6.45, 7) is 2.66. The molecule has 1 aliphatic heterocycles. The number of nitrogens with zero attached hydrogens (tertiary/aromatic N) is 6. The van der Waals surface area contributed by atoms with Crippen LogP contribution in [0.1, 0.15) is 36.6 Å². The molecule has 15 heteroatoms. The van der Waals surface area contributed by atoms with Crippen molar-refractivity contribution in [3.63, 3.8) is 0 Å². The molecule has 1 aromatic carbocycles. The molecule has 5 rings (SSSR count). The highest BCUT2D eigenvalue weighted by molar-refractivity contribution is 9.10. The number of pyridine rings is 1. The Morgan fingerprint density at radius 3 is 2.55 bits per heavy atom. The number of aromatic nitrogens is 5. The molecule has 1 N–H and O–H groups in total. The number of ether oxygens (including phenoxy) is 1. The molecule has 0 spiro atoms. The number of amides is 2. The number of carbonyl (C=O) groups is 4. The van der Waals surface area contributed by atoms with E-state index in [1.807, 2.05) is 0 Å². The van der Waals surface area contributed by atoms with Gasteiger partial charge in [0, 0.05) is 36.7 Å². The van der Waals surface area contributed by atoms with Gasteiger partial charge in [-0.15, -0.1) is 0 Å². The van der Waals surface area contributed by atoms with Crippen LogP contribution in [0.5, 0.6) is 0 Å². The van der Waals surface area contributed by atoms with Crippen molar-refractivity contribution < 1.29 is 32.7 Å². The van der Waals surface area contributed by atoms with E-state index in [4.69, 9.17) is 4.74 Å². The van der Waals surface area contributed by atoms with Gasteiger partial charge >= 0.3 is 5.97 Å². The minimum atomic E-state index is -1.43. The number of carbonyl (C=O) groups excluding carboxylic acids is 4. The average molecular weight is 670 g/mol. The van der Waals surface area contributed by atoms with Gasteiger partial charge in [0.05, 0.1) is 18.7 Å². The molecule has 0 aliphatic carbocycles. The van der Waals surface area contributed by atoms with E-state index in [0.717, 1.165) is 11.0 Å². The van der Waals surface area contributed by atoms with Gasteiger partial charge in [-0.2, -0.15) is 5.10 Å². The lowest BCUT2D eigenvalue weighted by molar-refractivity contribution is -0.142. The Bertz CT molecular complexity index is 1770. The third-order valence-electron chi connectivity index (χ3n) is 6.94. The van der Waals surface area contributed by atoms with Crippen molar-refractivity contribution in [3.8, 4) is 11.1 Å². The molecule has 1 saturated heterocycles. The predicted molar refractivity (Wildman–Crippen MR) is 157 cm³/mol. The molecule has 4 aromatic rings. The fourth-order valence-corrected chi connectivity index (χ4v) is 5.22. The zero-order valence-electron chi connectivity index (χ0n) is 23.6. The third-order valence-corrected chi connectivity index (χ3v) is 7.50. The van der Waals surface area contributed by atoms with E-state index in [-0.39, 0.29) is 54.4 Å². The van der Waals surface area contributed by atoms with Crippen LogP contribution in [0.4, 0.5) is 14.6 Å². The first kappa shape index (κ1) is 30.8. The fraction of sp³-hybridized carbons (Fsp3) is 0.310. The van der Waals surface area contributed by atoms with Crippen LogP contribution in [0.3, 0.4) is 0 Å². The number of halogens is 3. The number of hydrogen-bond donors (Lipinski definition) is 1. The van der Waals surface area contributed by atoms with E-state index in [9.17, 15) is 28.0 Å². The van der Waals surface area contributed by atoms with Gasteiger partial charge in [-0.25, -0.2) is 23.7 Å². The number of benzene rings is 1. The van der Waals surface area contributed by atoms with Crippen molar-refractivity contribution in [2.24, 2.45) is 0 Å². The largest absolute Gasteiger partial charge is 0.466 e. The second-order valence-electron chi connectivity index (χ2n) is 10.0. The molecule has 2 atom stereocenters. The summed E-state index contributed by atoms with van der Waals surface area (Å²) in [4.78, 5) is 64.1. The summed E-state index contributed by atoms with van der Waals surface area (Å²) in [7, 11) is 0. The summed E-state index contributed by atoms with van der Waals surface area (Å²) < 4.78 is 34.2. The quantitative estimate of drug-likeness (QED) is 0.160. The maximum Gasteiger partial charge on any atom is 0.313 e. The first-order valence-corrected chi connectivity index (χ1v) is 14.4. The Labute approximate surface area is 257 Å². The fourth-order valence-electron chi connectivity index (χ4n) is 4.90. The zero-order valence-corrected chi connectivity index (χ0v) is 25.2. The van der Waals surface area contributed by atoms with E-state index in [2.05, 4.69) is 41.3 Å². The normalized spacial score (nSPS) is 16.2. The van der Waals surface area contributed by atoms with Crippen molar-refractivity contribution in [1.82, 2.24) is 29.6 Å². The summed E-state index contributed by atoms with van der Waals surface area (Å²) in [6.07, 6.45) is 1.39. The van der Waals surface area contributed by atoms with Gasteiger partial charge in [-0.05, 0) is 52.7 Å². The lowest BCUT2D eigenvalue weighted by Gasteiger charge is -2.23. The number of anilines is 1. The molecular weight excluding hydrogens is 644 g/mol. The molecule has 0 unspecified atom stereocenters. The van der Waals surface area contributed by atoms with Gasteiger partial charge < -0.3 is 15.0 Å². The molecule has 44 heavy (non-hydrogen) atoms. The Balaban J connectivity index is 1.36. The van der Waals surface area contributed by atoms with Crippen LogP contribution in [0.15, 0.2) is 47.3 Å². The van der Waals surface area contributed by atoms with E-state index < -0.39 is 35.8 Å². The number of likely N-dealkylation sites (tertiary alicyclic amines) is 1. The molecule has 3 aromatic heterocycles. The van der Waals surface area contributed by atoms with E-state index in [1.54, 1.807) is 37.5 Å². The number of rotatable bonds is 9. The molecule has 4 heterocycles. The van der Waals surface area contributed by atoms with Gasteiger partial charge in [0.2, 0.25) is 11.8 Å². The van der Waals surface area contributed by atoms with Gasteiger partial charge in [0.25, 0.3) is 0 Å². The van der Waals surface area contributed by atoms with Crippen LogP contribution in [0, 0.1) is 5.82 Å². The molecule has 12 nitrogen and oxygen atoms in total. The van der Waals surface area contributed by atoms with Crippen LogP contribution < -0.4 is 5.32 Å². The highest BCUT2D eigenvalue weighted by Gasteiger charge is 2.40. The SMILES string of the molecule is CCOC(=O)Cc1ncc(-c2ccc3c(c2)c(C(C)=O)nn3CC(=O)N2C[C@H](F)C[C@H]2C(=O)Nc2ccc(F)c(Br)n2)cn1. The van der Waals surface area contributed by atoms with Crippen LogP contribution in [-0.4, -0.2) is 78.6 Å². The van der Waals surface area contributed by atoms with Crippen LogP contribution in [0.2, 0.25) is 0 Å². The van der Waals surface area contributed by atoms with Gasteiger partial charge in [-0.3, -0.25) is 23.9 Å². The van der Waals surface area contributed by atoms with Crippen molar-refractivity contribution in [2.75, 3.05) is 18.5 Å². The lowest BCUT2D eigenvalue weighted by atomic mass is 10.0. The molecule has 0 saturated carbocycles. The van der Waals surface area contributed by atoms with Gasteiger partial charge in [-0.1, -0.05) is 6.07 Å². The molecular formula is C29H26BrF2N7O5. The smallest absolute Gasteiger partial charge is 0.313 e. The number of alkyl halides is 1. The Kier molecular flexibility index (Phi) is 9.04. The van der Waals surface area contributed by atoms with Crippen molar-refractivity contribution >= 4 is 56.2 Å². The molecule has 0 bridgehead atoms. The average Bonchev–Trinajstić information content (AvgIpc) is 3.56. The first-order valence-electron chi connectivity index (χ1n) is 13.6. The summed E-state index contributed by atoms with van der Waals surface area (Å²) in [6, 6.07) is 6.39. The summed E-state index contributed by atoms with van der Waals surface area (Å²) in [5.41, 5.74) is 1.90. The van der Waals surface area contributed by atoms with Crippen molar-refractivity contribution in [2.45, 2.75) is 45.4 Å². The third kappa shape index (κ3) is 6.61. The van der Waals surface area contributed by atoms with Gasteiger partial charge in [0.1, 0.15) is 47.1 Å². The van der Waals surface area contributed by atoms with Crippen LogP contribution >= 0.6 is 15.9 Å². The number of ketones is 1. The Morgan fingerprint density at radius 1 is 1.11 bits per heavy atom. The lowest BCUT2D eigenvalue weighted by Crippen LogP contribution is -2.44. The van der Waals surface area contributed by atoms with Crippen molar-refractivity contribution in [1.29, 1.82) is 0 Å². The van der Waals surface area contributed by atoms with E-state index >= 15 is 0 Å². The number of esters is 1. The molecule has 2 amide bonds. The Hall–Kier alpha value is -4.66. The van der Waals surface area contributed by atoms with Crippen LogP contribution in [-0.2, 0) is 32.1 Å². The molecule has 0 radical (unpaired) electrons. The number of hydrogen-bond acceptors (Lipinski definition) is 9. The summed E-state index contributed by atoms with van der Waals surface area (Å²) in [5.74, 6) is -2.29. The molecule has 228 valence electrons. The Morgan fingerprint density at radius 2 is 1.86 bits per heavy atom. The predicted octanol–water partition coefficient (Wildman–Crippen LogP) is 3.68. The highest BCUT2D eigenvalue weighted by atomic mass is 79.9. The minimum Gasteiger partial charge on any atom is -0.466 e. The molecule has 1 aliphatic rings. The minimum absolute atomic E-state index is 0.0389. The monoisotopic (exact) mass is 669 g/mol. The number of nitrogens with one attached hydrogen (secondary N) is 1. The van der Waals surface area contributed by atoms with Gasteiger partial charge in [0.15, 0.2) is 11.6 Å². The second-order valence-corrected chi connectivity index (χ2v) is 10.8. The number of fused-ring (bicyclic) bond motifs is 1. The second kappa shape index (κ2) is 12.9. The standard InChI is InChI=1S/C29H26BrF2N7O5/c1-3-44-26(42)10-24-33-11-17(12-34-24)16-4-6-21-19(8-16)27(15(2)40)37-39(21)14-25(41)38-13-18(31)9-22(38)29(43)36-23-7-5-20(32)28(30)35-23/h4-8,11-12,18,22H,3,9-10,13-14H2,1-2H3,(H,35,36,43)/t18-,22+/m1/s1. The van der Waals surface area contributed by atoms with Crippen molar-refractivity contribution in [3.05, 3.63) is 64.7 Å². The van der Waals surface area contributed by atoms with Crippen LogP contribution in [0.25, 0.3) is 22.0 Å². The molecule has 1 fully saturated rings. The topological polar surface area (TPSA) is 149 Å². The number of Topliss-reactive ketones (excluding diaryl/α,β-unsaturated/α-hetero) is 1. The summed E-state index contributed by atoms with van der Waals surface area (Å²) in [5, 5.41) is 7.35. The zero-order chi connectivity index (χ0) is 31.5. The maximum atomic E-state index is 14.5. The van der Waals surface area contributed by atoms with E-state index in [1.165, 1.54) is 17.7 Å². The van der Waals surface area contributed by atoms with E-state index in [0.29, 0.717) is 27.9 Å². The first-order chi connectivity index (χ1) is 21.0. The highest BCUT2D eigenvalue weighted by Crippen LogP contribution is 2.28.